The fraction of sp³-hybridized carbons (Fsp3) is 0.429. The van der Waals surface area contributed by atoms with Crippen LogP contribution in [0, 0.1) is 11.6 Å². The molecule has 6 heteroatoms. The minimum atomic E-state index is -0.899. The second kappa shape index (κ2) is 7.57. The lowest BCUT2D eigenvalue weighted by Gasteiger charge is -2.14. The van der Waals surface area contributed by atoms with Crippen molar-refractivity contribution in [1.29, 1.82) is 0 Å². The van der Waals surface area contributed by atoms with E-state index in [1.54, 1.807) is 11.9 Å². The first-order chi connectivity index (χ1) is 9.45. The molecule has 0 aliphatic carbocycles. The molecular weight excluding hydrogens is 266 g/mol. The van der Waals surface area contributed by atoms with Crippen molar-refractivity contribution in [1.82, 2.24) is 10.2 Å². The highest BCUT2D eigenvalue weighted by Crippen LogP contribution is 2.09. The molecule has 110 valence electrons. The van der Waals surface area contributed by atoms with E-state index in [0.29, 0.717) is 25.5 Å². The highest BCUT2D eigenvalue weighted by Gasteiger charge is 2.12. The van der Waals surface area contributed by atoms with Gasteiger partial charge in [-0.2, -0.15) is 0 Å². The Morgan fingerprint density at radius 3 is 2.60 bits per heavy atom. The number of rotatable bonds is 6. The molecule has 0 fully saturated rings. The van der Waals surface area contributed by atoms with Crippen molar-refractivity contribution in [2.45, 2.75) is 19.8 Å². The van der Waals surface area contributed by atoms with Crippen LogP contribution in [0.5, 0.6) is 0 Å². The van der Waals surface area contributed by atoms with Gasteiger partial charge in [0.05, 0.1) is 5.56 Å². The van der Waals surface area contributed by atoms with Gasteiger partial charge in [0.15, 0.2) is 0 Å². The third kappa shape index (κ3) is 4.60. The van der Waals surface area contributed by atoms with Gasteiger partial charge in [0, 0.05) is 32.6 Å². The van der Waals surface area contributed by atoms with Crippen LogP contribution in [0.15, 0.2) is 18.2 Å². The van der Waals surface area contributed by atoms with E-state index in [1.807, 2.05) is 6.92 Å². The zero-order valence-electron chi connectivity index (χ0n) is 11.6. The first-order valence-electron chi connectivity index (χ1n) is 6.43. The molecule has 0 aliphatic rings. The van der Waals surface area contributed by atoms with Crippen molar-refractivity contribution in [3.8, 4) is 0 Å². The number of hydrogen-bond acceptors (Lipinski definition) is 2. The number of carbonyl (C=O) groups excluding carboxylic acids is 2. The van der Waals surface area contributed by atoms with Crippen molar-refractivity contribution in [3.05, 3.63) is 35.4 Å². The van der Waals surface area contributed by atoms with Crippen LogP contribution in [0.1, 0.15) is 30.1 Å². The van der Waals surface area contributed by atoms with Crippen LogP contribution >= 0.6 is 0 Å². The van der Waals surface area contributed by atoms with Crippen LogP contribution in [-0.4, -0.2) is 36.9 Å². The molecule has 0 bridgehead atoms. The predicted molar refractivity (Wildman–Crippen MR) is 71.2 cm³/mol. The first-order valence-corrected chi connectivity index (χ1v) is 6.43. The van der Waals surface area contributed by atoms with Gasteiger partial charge >= 0.3 is 0 Å². The standard InChI is InChI=1S/C14H18F2N2O2/c1-3-18(2)13(19)5-4-8-17-14(20)11-7-6-10(15)9-12(11)16/h6-7,9H,3-5,8H2,1-2H3,(H,17,20). The van der Waals surface area contributed by atoms with E-state index in [1.165, 1.54) is 0 Å². The van der Waals surface area contributed by atoms with Gasteiger partial charge in [-0.25, -0.2) is 8.78 Å². The van der Waals surface area contributed by atoms with Gasteiger partial charge in [-0.05, 0) is 25.5 Å². The molecule has 0 saturated carbocycles. The van der Waals surface area contributed by atoms with Crippen molar-refractivity contribution in [2.24, 2.45) is 0 Å². The Hall–Kier alpha value is -1.98. The number of halogens is 2. The summed E-state index contributed by atoms with van der Waals surface area (Å²) in [6, 6.07) is 2.78. The average Bonchev–Trinajstić information content (AvgIpc) is 2.42. The summed E-state index contributed by atoms with van der Waals surface area (Å²) in [5.41, 5.74) is -0.205. The van der Waals surface area contributed by atoms with E-state index in [2.05, 4.69) is 5.32 Å². The lowest BCUT2D eigenvalue weighted by molar-refractivity contribution is -0.129. The highest BCUT2D eigenvalue weighted by atomic mass is 19.1. The van der Waals surface area contributed by atoms with Crippen LogP contribution in [0.4, 0.5) is 8.78 Å². The third-order valence-electron chi connectivity index (χ3n) is 2.93. The maximum absolute atomic E-state index is 13.3. The topological polar surface area (TPSA) is 49.4 Å². The summed E-state index contributed by atoms with van der Waals surface area (Å²) in [4.78, 5) is 24.7. The molecule has 0 unspecified atom stereocenters. The predicted octanol–water partition coefficient (Wildman–Crippen LogP) is 1.95. The van der Waals surface area contributed by atoms with Gasteiger partial charge in [-0.3, -0.25) is 9.59 Å². The summed E-state index contributed by atoms with van der Waals surface area (Å²) in [5, 5.41) is 2.50. The summed E-state index contributed by atoms with van der Waals surface area (Å²) >= 11 is 0. The van der Waals surface area contributed by atoms with Gasteiger partial charge in [0.1, 0.15) is 11.6 Å². The van der Waals surface area contributed by atoms with Crippen LogP contribution in [0.3, 0.4) is 0 Å². The Bertz CT molecular complexity index is 492. The van der Waals surface area contributed by atoms with E-state index < -0.39 is 17.5 Å². The van der Waals surface area contributed by atoms with Gasteiger partial charge in [-0.1, -0.05) is 0 Å². The summed E-state index contributed by atoms with van der Waals surface area (Å²) < 4.78 is 26.0. The van der Waals surface area contributed by atoms with E-state index in [4.69, 9.17) is 0 Å². The Kier molecular flexibility index (Phi) is 6.09. The minimum absolute atomic E-state index is 0.00490. The fourth-order valence-corrected chi connectivity index (χ4v) is 1.58. The van der Waals surface area contributed by atoms with Crippen molar-refractivity contribution >= 4 is 11.8 Å². The molecule has 20 heavy (non-hydrogen) atoms. The summed E-state index contributed by atoms with van der Waals surface area (Å²) in [6.07, 6.45) is 0.786. The number of carbonyl (C=O) groups is 2. The molecule has 0 atom stereocenters. The van der Waals surface area contributed by atoms with Gasteiger partial charge in [0.25, 0.3) is 5.91 Å². The summed E-state index contributed by atoms with van der Waals surface area (Å²) in [6.45, 7) is 2.77. The zero-order valence-corrected chi connectivity index (χ0v) is 11.6. The number of hydrogen-bond donors (Lipinski definition) is 1. The Labute approximate surface area is 116 Å². The van der Waals surface area contributed by atoms with Crippen LogP contribution < -0.4 is 5.32 Å². The zero-order chi connectivity index (χ0) is 15.1. The van der Waals surface area contributed by atoms with E-state index >= 15 is 0 Å². The lowest BCUT2D eigenvalue weighted by atomic mass is 10.2. The Balaban J connectivity index is 2.39. The number of amides is 2. The Morgan fingerprint density at radius 1 is 1.30 bits per heavy atom. The molecule has 1 aromatic carbocycles. The minimum Gasteiger partial charge on any atom is -0.352 e. The number of nitrogens with one attached hydrogen (secondary N) is 1. The molecule has 1 rings (SSSR count). The molecule has 0 heterocycles. The normalized spacial score (nSPS) is 10.2. The van der Waals surface area contributed by atoms with Crippen molar-refractivity contribution in [2.75, 3.05) is 20.1 Å². The van der Waals surface area contributed by atoms with Crippen LogP contribution in [0.25, 0.3) is 0 Å². The second-order valence-electron chi connectivity index (χ2n) is 4.39. The van der Waals surface area contributed by atoms with Crippen molar-refractivity contribution < 1.29 is 18.4 Å². The average molecular weight is 284 g/mol. The molecule has 0 radical (unpaired) electrons. The monoisotopic (exact) mass is 284 g/mol. The second-order valence-corrected chi connectivity index (χ2v) is 4.39. The summed E-state index contributed by atoms with van der Waals surface area (Å²) in [7, 11) is 1.70. The Morgan fingerprint density at radius 2 is 2.00 bits per heavy atom. The van der Waals surface area contributed by atoms with E-state index in [9.17, 15) is 18.4 Å². The van der Waals surface area contributed by atoms with Gasteiger partial charge < -0.3 is 10.2 Å². The molecule has 0 saturated heterocycles. The molecule has 0 aromatic heterocycles. The largest absolute Gasteiger partial charge is 0.352 e. The van der Waals surface area contributed by atoms with Crippen molar-refractivity contribution in [3.63, 3.8) is 0 Å². The number of benzene rings is 1. The van der Waals surface area contributed by atoms with Crippen LogP contribution in [-0.2, 0) is 4.79 Å². The fourth-order valence-electron chi connectivity index (χ4n) is 1.58. The number of nitrogens with zero attached hydrogens (tertiary/aromatic N) is 1. The quantitative estimate of drug-likeness (QED) is 0.812. The molecule has 0 spiro atoms. The highest BCUT2D eigenvalue weighted by molar-refractivity contribution is 5.94. The maximum Gasteiger partial charge on any atom is 0.254 e. The molecule has 4 nitrogen and oxygen atoms in total. The maximum atomic E-state index is 13.3. The van der Waals surface area contributed by atoms with E-state index in [-0.39, 0.29) is 18.0 Å². The van der Waals surface area contributed by atoms with Crippen LogP contribution in [0.2, 0.25) is 0 Å². The molecule has 0 aliphatic heterocycles. The SMILES string of the molecule is CCN(C)C(=O)CCCNC(=O)c1ccc(F)cc1F. The third-order valence-corrected chi connectivity index (χ3v) is 2.93. The molecular formula is C14H18F2N2O2. The van der Waals surface area contributed by atoms with E-state index in [0.717, 1.165) is 12.1 Å². The van der Waals surface area contributed by atoms with Gasteiger partial charge in [0.2, 0.25) is 5.91 Å². The molecule has 2 amide bonds. The molecule has 1 N–H and O–H groups in total. The van der Waals surface area contributed by atoms with Gasteiger partial charge in [-0.15, -0.1) is 0 Å². The lowest BCUT2D eigenvalue weighted by Crippen LogP contribution is -2.29. The summed E-state index contributed by atoms with van der Waals surface area (Å²) in [5.74, 6) is -2.25. The smallest absolute Gasteiger partial charge is 0.254 e. The molecule has 1 aromatic rings. The first kappa shape index (κ1) is 16.1.